The molecule has 0 saturated carbocycles. The molecule has 0 radical (unpaired) electrons. The van der Waals surface area contributed by atoms with Crippen LogP contribution in [0.25, 0.3) is 27.6 Å². The van der Waals surface area contributed by atoms with Gasteiger partial charge in [0.15, 0.2) is 0 Å². The third-order valence-electron chi connectivity index (χ3n) is 6.12. The number of aromatic amines is 1. The molecule has 6 aromatic rings. The maximum Gasteiger partial charge on any atom is 0.215 e. The Balaban J connectivity index is 1.46. The molecule has 6 rings (SSSR count). The van der Waals surface area contributed by atoms with Crippen LogP contribution in [0.15, 0.2) is 76.2 Å². The first-order chi connectivity index (χ1) is 17.8. The highest BCUT2D eigenvalue weighted by molar-refractivity contribution is 9.10. The summed E-state index contributed by atoms with van der Waals surface area (Å²) < 4.78 is 18.8. The quantitative estimate of drug-likeness (QED) is 0.226. The fourth-order valence-corrected chi connectivity index (χ4v) is 5.67. The van der Waals surface area contributed by atoms with Gasteiger partial charge in [-0.1, -0.05) is 33.6 Å². The van der Waals surface area contributed by atoms with Crippen LogP contribution < -0.4 is 5.73 Å². The van der Waals surface area contributed by atoms with Crippen LogP contribution in [0.3, 0.4) is 0 Å². The molecule has 3 heterocycles. The molecule has 3 N–H and O–H groups in total. The number of carbonyl (C=O) groups excluding carboxylic acids is 1. The van der Waals surface area contributed by atoms with Gasteiger partial charge in [0.05, 0.1) is 34.0 Å². The van der Waals surface area contributed by atoms with E-state index in [2.05, 4.69) is 31.0 Å². The number of hydrogen-bond donors (Lipinski definition) is 2. The number of carbonyl (C=O) groups is 1. The molecule has 0 unspecified atom stereocenters. The van der Waals surface area contributed by atoms with Crippen molar-refractivity contribution in [3.63, 3.8) is 0 Å². The van der Waals surface area contributed by atoms with Crippen molar-refractivity contribution in [3.05, 3.63) is 99.8 Å². The number of aryl methyl sites for hydroxylation is 2. The summed E-state index contributed by atoms with van der Waals surface area (Å²) >= 11 is 4.72. The minimum absolute atomic E-state index is 0.194. The van der Waals surface area contributed by atoms with E-state index in [1.54, 1.807) is 16.1 Å². The Kier molecular flexibility index (Phi) is 5.65. The standard InChI is InChI=1S/C27H20BrFN6OS/c1-14-3-6-18(7-4-14)37-35-24-10-16(28)9-21(29)19(24)12-25(35)26(36)20-13-31-34(27(20)30)17-5-8-22-23(11-17)33-15(2)32-22/h3-13H,30H2,1-2H3,(H,32,33). The van der Waals surface area contributed by atoms with Gasteiger partial charge in [-0.25, -0.2) is 14.1 Å². The van der Waals surface area contributed by atoms with Crippen molar-refractivity contribution >= 4 is 61.4 Å². The van der Waals surface area contributed by atoms with Crippen molar-refractivity contribution in [3.8, 4) is 5.69 Å². The number of ketones is 1. The zero-order chi connectivity index (χ0) is 25.8. The molecule has 0 spiro atoms. The lowest BCUT2D eigenvalue weighted by molar-refractivity contribution is 0.103. The van der Waals surface area contributed by atoms with Gasteiger partial charge in [-0.15, -0.1) is 0 Å². The molecule has 10 heteroatoms. The molecular formula is C27H20BrFN6OS. The number of hydrogen-bond acceptors (Lipinski definition) is 5. The van der Waals surface area contributed by atoms with Gasteiger partial charge in [-0.05, 0) is 74.3 Å². The van der Waals surface area contributed by atoms with Gasteiger partial charge >= 0.3 is 0 Å². The average molecular weight is 575 g/mol. The summed E-state index contributed by atoms with van der Waals surface area (Å²) in [6, 6.07) is 18.3. The zero-order valence-electron chi connectivity index (χ0n) is 19.8. The minimum atomic E-state index is -0.423. The zero-order valence-corrected chi connectivity index (χ0v) is 22.2. The van der Waals surface area contributed by atoms with E-state index in [0.29, 0.717) is 26.8 Å². The molecule has 7 nitrogen and oxygen atoms in total. The van der Waals surface area contributed by atoms with Gasteiger partial charge < -0.3 is 10.7 Å². The Bertz CT molecular complexity index is 1840. The van der Waals surface area contributed by atoms with Gasteiger partial charge in [0.1, 0.15) is 23.2 Å². The SMILES string of the molecule is Cc1ccc(Sn2c(C(=O)c3cnn(-c4ccc5nc(C)[nH]c5c4)c3N)cc3c(F)cc(Br)cc32)cc1. The predicted octanol–water partition coefficient (Wildman–Crippen LogP) is 6.59. The smallest absolute Gasteiger partial charge is 0.215 e. The number of nitrogens with zero attached hydrogens (tertiary/aromatic N) is 4. The summed E-state index contributed by atoms with van der Waals surface area (Å²) in [6.45, 7) is 3.89. The maximum atomic E-state index is 14.9. The Morgan fingerprint density at radius 1 is 1.08 bits per heavy atom. The number of nitrogens with two attached hydrogens (primary N) is 1. The second kappa shape index (κ2) is 8.89. The molecule has 0 aliphatic carbocycles. The third kappa shape index (κ3) is 4.11. The van der Waals surface area contributed by atoms with Crippen LogP contribution in [0.4, 0.5) is 10.2 Å². The predicted molar refractivity (Wildman–Crippen MR) is 148 cm³/mol. The Morgan fingerprint density at radius 3 is 2.65 bits per heavy atom. The summed E-state index contributed by atoms with van der Waals surface area (Å²) in [5, 5.41) is 4.74. The lowest BCUT2D eigenvalue weighted by Gasteiger charge is -2.10. The van der Waals surface area contributed by atoms with E-state index in [9.17, 15) is 9.18 Å². The Hall–Kier alpha value is -3.89. The van der Waals surface area contributed by atoms with E-state index in [0.717, 1.165) is 27.3 Å². The van der Waals surface area contributed by atoms with E-state index in [4.69, 9.17) is 5.73 Å². The van der Waals surface area contributed by atoms with Crippen LogP contribution in [0.1, 0.15) is 27.4 Å². The molecule has 0 fully saturated rings. The maximum absolute atomic E-state index is 14.9. The highest BCUT2D eigenvalue weighted by Crippen LogP contribution is 2.35. The number of halogens is 2. The summed E-state index contributed by atoms with van der Waals surface area (Å²) in [4.78, 5) is 22.4. The van der Waals surface area contributed by atoms with Crippen LogP contribution in [0, 0.1) is 19.7 Å². The summed E-state index contributed by atoms with van der Waals surface area (Å²) in [7, 11) is 0. The lowest BCUT2D eigenvalue weighted by atomic mass is 10.1. The minimum Gasteiger partial charge on any atom is -0.383 e. The summed E-state index contributed by atoms with van der Waals surface area (Å²) in [6.07, 6.45) is 1.45. The van der Waals surface area contributed by atoms with Crippen LogP contribution >= 0.6 is 27.9 Å². The highest BCUT2D eigenvalue weighted by atomic mass is 79.9. The van der Waals surface area contributed by atoms with Crippen molar-refractivity contribution in [2.45, 2.75) is 18.7 Å². The molecule has 0 atom stereocenters. The van der Waals surface area contributed by atoms with Crippen molar-refractivity contribution in [2.75, 3.05) is 5.73 Å². The van der Waals surface area contributed by atoms with Gasteiger partial charge in [-0.3, -0.25) is 8.77 Å². The van der Waals surface area contributed by atoms with E-state index < -0.39 is 5.82 Å². The molecule has 0 saturated heterocycles. The monoisotopic (exact) mass is 574 g/mol. The number of anilines is 1. The van der Waals surface area contributed by atoms with Gasteiger partial charge in [-0.2, -0.15) is 5.10 Å². The molecule has 184 valence electrons. The molecule has 37 heavy (non-hydrogen) atoms. The number of rotatable bonds is 5. The molecule has 3 aromatic heterocycles. The Labute approximate surface area is 223 Å². The first-order valence-electron chi connectivity index (χ1n) is 11.4. The first kappa shape index (κ1) is 23.5. The van der Waals surface area contributed by atoms with Crippen molar-refractivity contribution < 1.29 is 9.18 Å². The molecule has 0 aliphatic rings. The second-order valence-electron chi connectivity index (χ2n) is 8.76. The molecular weight excluding hydrogens is 555 g/mol. The first-order valence-corrected chi connectivity index (χ1v) is 13.0. The lowest BCUT2D eigenvalue weighted by Crippen LogP contribution is -2.10. The third-order valence-corrected chi connectivity index (χ3v) is 7.64. The largest absolute Gasteiger partial charge is 0.383 e. The van der Waals surface area contributed by atoms with Crippen LogP contribution in [-0.4, -0.2) is 29.5 Å². The van der Waals surface area contributed by atoms with Gasteiger partial charge in [0, 0.05) is 14.8 Å². The van der Waals surface area contributed by atoms with E-state index in [-0.39, 0.29) is 17.2 Å². The van der Waals surface area contributed by atoms with Crippen LogP contribution in [0.5, 0.6) is 0 Å². The number of nitrogen functional groups attached to an aromatic ring is 1. The fraction of sp³-hybridized carbons (Fsp3) is 0.0741. The molecule has 0 aliphatic heterocycles. The topological polar surface area (TPSA) is 94.5 Å². The van der Waals surface area contributed by atoms with Crippen molar-refractivity contribution in [1.29, 1.82) is 0 Å². The summed E-state index contributed by atoms with van der Waals surface area (Å²) in [5.41, 5.74) is 11.0. The highest BCUT2D eigenvalue weighted by Gasteiger charge is 2.25. The van der Waals surface area contributed by atoms with E-state index in [1.807, 2.05) is 56.3 Å². The number of benzene rings is 3. The van der Waals surface area contributed by atoms with Crippen molar-refractivity contribution in [1.82, 2.24) is 23.7 Å². The number of H-pyrrole nitrogens is 1. The van der Waals surface area contributed by atoms with E-state index in [1.165, 1.54) is 28.9 Å². The van der Waals surface area contributed by atoms with Crippen LogP contribution in [0.2, 0.25) is 0 Å². The van der Waals surface area contributed by atoms with E-state index >= 15 is 0 Å². The number of fused-ring (bicyclic) bond motifs is 2. The number of imidazole rings is 1. The van der Waals surface area contributed by atoms with Crippen molar-refractivity contribution in [2.24, 2.45) is 0 Å². The molecule has 0 amide bonds. The molecule has 3 aromatic carbocycles. The molecule has 0 bridgehead atoms. The van der Waals surface area contributed by atoms with Crippen LogP contribution in [-0.2, 0) is 0 Å². The second-order valence-corrected chi connectivity index (χ2v) is 10.7. The van der Waals surface area contributed by atoms with Gasteiger partial charge in [0.25, 0.3) is 0 Å². The fourth-order valence-electron chi connectivity index (χ4n) is 4.30. The average Bonchev–Trinajstić information content (AvgIpc) is 3.54. The normalized spacial score (nSPS) is 11.6. The number of nitrogens with one attached hydrogen (secondary N) is 1. The summed E-state index contributed by atoms with van der Waals surface area (Å²) in [5.74, 6) is 0.218. The Morgan fingerprint density at radius 2 is 1.86 bits per heavy atom. The van der Waals surface area contributed by atoms with Gasteiger partial charge in [0.2, 0.25) is 5.78 Å². The number of aromatic nitrogens is 5.